The van der Waals surface area contributed by atoms with E-state index in [4.69, 9.17) is 5.73 Å². The third-order valence-electron chi connectivity index (χ3n) is 2.55. The molecule has 0 unspecified atom stereocenters. The van der Waals surface area contributed by atoms with Gasteiger partial charge in [0, 0.05) is 0 Å². The summed E-state index contributed by atoms with van der Waals surface area (Å²) in [4.78, 5) is 14.5. The van der Waals surface area contributed by atoms with Crippen LogP contribution in [0.3, 0.4) is 0 Å². The van der Waals surface area contributed by atoms with E-state index in [9.17, 15) is 18.0 Å². The monoisotopic (exact) mass is 258 g/mol. The first-order chi connectivity index (χ1) is 8.21. The number of imidazole rings is 1. The van der Waals surface area contributed by atoms with Gasteiger partial charge in [0.1, 0.15) is 0 Å². The van der Waals surface area contributed by atoms with Gasteiger partial charge in [-0.25, -0.2) is 9.50 Å². The summed E-state index contributed by atoms with van der Waals surface area (Å²) in [6, 6.07) is 1.42. The molecule has 0 radical (unpaired) electrons. The molecule has 8 heteroatoms. The van der Waals surface area contributed by atoms with Gasteiger partial charge >= 0.3 is 6.18 Å². The number of hydrogen-bond donors (Lipinski definition) is 1. The number of halogens is 3. The van der Waals surface area contributed by atoms with Gasteiger partial charge in [0.05, 0.1) is 5.69 Å². The number of alkyl halides is 3. The first kappa shape index (κ1) is 12.3. The number of primary amides is 1. The second kappa shape index (κ2) is 3.69. The number of carbonyl (C=O) groups excluding carboxylic acids is 1. The second-order valence-electron chi connectivity index (χ2n) is 3.85. The first-order valence-corrected chi connectivity index (χ1v) is 4.96. The molecule has 0 aromatic carbocycles. The van der Waals surface area contributed by atoms with Gasteiger partial charge in [0.25, 0.3) is 5.91 Å². The minimum atomic E-state index is -4.75. The summed E-state index contributed by atoms with van der Waals surface area (Å²) >= 11 is 0. The van der Waals surface area contributed by atoms with Crippen LogP contribution in [-0.4, -0.2) is 20.5 Å². The zero-order valence-corrected chi connectivity index (χ0v) is 9.54. The number of carbonyl (C=O) groups is 1. The lowest BCUT2D eigenvalue weighted by atomic mass is 10.2. The minimum Gasteiger partial charge on any atom is -0.364 e. The predicted octanol–water partition coefficient (Wildman–Crippen LogP) is 1.46. The highest BCUT2D eigenvalue weighted by molar-refractivity contribution is 5.93. The molecule has 0 aliphatic rings. The van der Waals surface area contributed by atoms with Crippen molar-refractivity contribution in [3.05, 3.63) is 28.7 Å². The summed E-state index contributed by atoms with van der Waals surface area (Å²) in [6.07, 6.45) is -4.75. The molecule has 2 N–H and O–H groups in total. The van der Waals surface area contributed by atoms with Gasteiger partial charge in [-0.2, -0.15) is 18.3 Å². The van der Waals surface area contributed by atoms with Crippen molar-refractivity contribution >= 4 is 11.6 Å². The third-order valence-corrected chi connectivity index (χ3v) is 2.55. The van der Waals surface area contributed by atoms with Crippen molar-refractivity contribution < 1.29 is 18.0 Å². The Balaban J connectivity index is 2.89. The second-order valence-corrected chi connectivity index (χ2v) is 3.85. The van der Waals surface area contributed by atoms with Crippen LogP contribution < -0.4 is 5.73 Å². The Bertz CT molecular complexity index is 645. The molecule has 0 fully saturated rings. The van der Waals surface area contributed by atoms with Gasteiger partial charge in [0.2, 0.25) is 0 Å². The molecule has 18 heavy (non-hydrogen) atoms. The molecule has 0 atom stereocenters. The molecule has 0 saturated heterocycles. The van der Waals surface area contributed by atoms with Crippen molar-refractivity contribution in [2.45, 2.75) is 20.0 Å². The predicted molar refractivity (Wildman–Crippen MR) is 56.0 cm³/mol. The van der Waals surface area contributed by atoms with E-state index in [2.05, 4.69) is 10.1 Å². The number of fused-ring (bicyclic) bond motifs is 1. The normalized spacial score (nSPS) is 12.1. The zero-order chi connectivity index (χ0) is 13.7. The fourth-order valence-corrected chi connectivity index (χ4v) is 1.57. The maximum absolute atomic E-state index is 12.7. The summed E-state index contributed by atoms with van der Waals surface area (Å²) < 4.78 is 39.0. The van der Waals surface area contributed by atoms with E-state index in [1.807, 2.05) is 0 Å². The lowest BCUT2D eigenvalue weighted by molar-refractivity contribution is -0.141. The molecular formula is C10H9F3N4O. The summed E-state index contributed by atoms with van der Waals surface area (Å²) in [6.45, 7) is 3.31. The van der Waals surface area contributed by atoms with Crippen LogP contribution in [0.15, 0.2) is 6.07 Å². The molecule has 2 aromatic rings. The number of aryl methyl sites for hydroxylation is 2. The van der Waals surface area contributed by atoms with Crippen molar-refractivity contribution in [2.75, 3.05) is 0 Å². The molecule has 2 rings (SSSR count). The molecule has 1 amide bonds. The van der Waals surface area contributed by atoms with Crippen molar-refractivity contribution in [3.63, 3.8) is 0 Å². The number of nitrogens with zero attached hydrogens (tertiary/aromatic N) is 3. The van der Waals surface area contributed by atoms with Gasteiger partial charge in [-0.3, -0.25) is 4.79 Å². The quantitative estimate of drug-likeness (QED) is 0.841. The SMILES string of the molecule is Cc1cc2nc(C(F)(F)F)c(C(N)=O)n2nc1C. The Labute approximate surface area is 99.4 Å². The molecule has 0 spiro atoms. The van der Waals surface area contributed by atoms with Crippen LogP contribution in [-0.2, 0) is 6.18 Å². The van der Waals surface area contributed by atoms with Gasteiger partial charge in [-0.1, -0.05) is 0 Å². The lowest BCUT2D eigenvalue weighted by Crippen LogP contribution is -2.21. The van der Waals surface area contributed by atoms with Crippen molar-refractivity contribution in [1.29, 1.82) is 0 Å². The molecule has 2 heterocycles. The van der Waals surface area contributed by atoms with Crippen molar-refractivity contribution in [1.82, 2.24) is 14.6 Å². The van der Waals surface area contributed by atoms with E-state index < -0.39 is 23.5 Å². The lowest BCUT2D eigenvalue weighted by Gasteiger charge is -2.04. The van der Waals surface area contributed by atoms with E-state index in [1.54, 1.807) is 13.8 Å². The van der Waals surface area contributed by atoms with E-state index in [-0.39, 0.29) is 5.65 Å². The largest absolute Gasteiger partial charge is 0.435 e. The van der Waals surface area contributed by atoms with Crippen molar-refractivity contribution in [3.8, 4) is 0 Å². The van der Waals surface area contributed by atoms with Gasteiger partial charge < -0.3 is 5.73 Å². The highest BCUT2D eigenvalue weighted by Crippen LogP contribution is 2.31. The number of hydrogen-bond acceptors (Lipinski definition) is 3. The number of rotatable bonds is 1. The van der Waals surface area contributed by atoms with Crippen LogP contribution in [0.2, 0.25) is 0 Å². The Morgan fingerprint density at radius 1 is 1.39 bits per heavy atom. The van der Waals surface area contributed by atoms with Crippen LogP contribution in [0.25, 0.3) is 5.65 Å². The highest BCUT2D eigenvalue weighted by Gasteiger charge is 2.40. The smallest absolute Gasteiger partial charge is 0.364 e. The summed E-state index contributed by atoms with van der Waals surface area (Å²) in [5, 5.41) is 3.88. The first-order valence-electron chi connectivity index (χ1n) is 4.96. The highest BCUT2D eigenvalue weighted by atomic mass is 19.4. The Hall–Kier alpha value is -2.12. The molecule has 0 aliphatic heterocycles. The van der Waals surface area contributed by atoms with E-state index in [0.717, 1.165) is 4.52 Å². The van der Waals surface area contributed by atoms with Gasteiger partial charge in [-0.05, 0) is 25.5 Å². The number of nitrogens with two attached hydrogens (primary N) is 1. The average Bonchev–Trinajstić information content (AvgIpc) is 2.56. The Morgan fingerprint density at radius 3 is 2.50 bits per heavy atom. The fourth-order valence-electron chi connectivity index (χ4n) is 1.57. The molecule has 0 saturated carbocycles. The van der Waals surface area contributed by atoms with Crippen LogP contribution in [0.4, 0.5) is 13.2 Å². The number of aromatic nitrogens is 3. The number of amides is 1. The summed E-state index contributed by atoms with van der Waals surface area (Å²) in [5.74, 6) is -1.22. The van der Waals surface area contributed by atoms with E-state index >= 15 is 0 Å². The van der Waals surface area contributed by atoms with Crippen molar-refractivity contribution in [2.24, 2.45) is 5.73 Å². The van der Waals surface area contributed by atoms with Crippen LogP contribution in [0.5, 0.6) is 0 Å². The van der Waals surface area contributed by atoms with Gasteiger partial charge in [-0.15, -0.1) is 0 Å². The van der Waals surface area contributed by atoms with Gasteiger partial charge in [0.15, 0.2) is 17.0 Å². The molecule has 96 valence electrons. The summed E-state index contributed by atoms with van der Waals surface area (Å²) in [5.41, 5.74) is 4.03. The minimum absolute atomic E-state index is 0.0563. The van der Waals surface area contributed by atoms with Crippen LogP contribution in [0, 0.1) is 13.8 Å². The Kier molecular flexibility index (Phi) is 2.53. The standard InChI is InChI=1S/C10H9F3N4O/c1-4-3-6-15-8(10(11,12)13)7(9(14)18)17(6)16-5(4)2/h3H,1-2H3,(H2,14,18). The molecular weight excluding hydrogens is 249 g/mol. The van der Waals surface area contributed by atoms with E-state index in [1.165, 1.54) is 6.07 Å². The topological polar surface area (TPSA) is 73.3 Å². The Morgan fingerprint density at radius 2 is 2.00 bits per heavy atom. The molecule has 0 bridgehead atoms. The third kappa shape index (κ3) is 1.79. The maximum Gasteiger partial charge on any atom is 0.435 e. The molecule has 5 nitrogen and oxygen atoms in total. The maximum atomic E-state index is 12.7. The average molecular weight is 258 g/mol. The van der Waals surface area contributed by atoms with Crippen LogP contribution >= 0.6 is 0 Å². The fraction of sp³-hybridized carbons (Fsp3) is 0.300. The van der Waals surface area contributed by atoms with Crippen LogP contribution in [0.1, 0.15) is 27.4 Å². The molecule has 0 aliphatic carbocycles. The zero-order valence-electron chi connectivity index (χ0n) is 9.54. The van der Waals surface area contributed by atoms with E-state index in [0.29, 0.717) is 11.3 Å². The molecule has 2 aromatic heterocycles. The summed E-state index contributed by atoms with van der Waals surface area (Å²) in [7, 11) is 0.